The molecule has 0 aliphatic carbocycles. The minimum absolute atomic E-state index is 0.00791. The molecule has 0 saturated carbocycles. The second kappa shape index (κ2) is 7.14. The van der Waals surface area contributed by atoms with Crippen LogP contribution in [0.1, 0.15) is 0 Å². The fraction of sp³-hybridized carbons (Fsp3) is 0.400. The van der Waals surface area contributed by atoms with E-state index in [0.29, 0.717) is 0 Å². The Morgan fingerprint density at radius 3 is 2.55 bits per heavy atom. The summed E-state index contributed by atoms with van der Waals surface area (Å²) in [5.74, 6) is -0.0331. The Hall–Kier alpha value is -1.75. The summed E-state index contributed by atoms with van der Waals surface area (Å²) < 4.78 is 33.1. The van der Waals surface area contributed by atoms with Crippen LogP contribution in [-0.2, 0) is 19.6 Å². The average Bonchev–Trinajstić information content (AvgIpc) is 2.42. The molecule has 20 heavy (non-hydrogen) atoms. The second-order valence-electron chi connectivity index (χ2n) is 3.52. The number of hydrogen-bond donors (Lipinski definition) is 1. The maximum Gasteiger partial charge on any atom is 0.312 e. The Morgan fingerprint density at radius 1 is 1.30 bits per heavy atom. The Labute approximate surface area is 115 Å². The molecule has 0 atom stereocenters. The lowest BCUT2D eigenvalue weighted by Crippen LogP contribution is -2.25. The number of ether oxygens (including phenoxy) is 2. The molecule has 10 heteroatoms. The molecule has 1 rings (SSSR count). The summed E-state index contributed by atoms with van der Waals surface area (Å²) in [6, 6.07) is 3.26. The number of nitro benzene ring substituents is 1. The quantitative estimate of drug-likeness (QED) is 0.421. The van der Waals surface area contributed by atoms with E-state index in [0.717, 1.165) is 6.07 Å². The number of nitro groups is 1. The summed E-state index contributed by atoms with van der Waals surface area (Å²) in [5, 5.41) is 10.8. The third kappa shape index (κ3) is 4.13. The van der Waals surface area contributed by atoms with Gasteiger partial charge in [-0.2, -0.15) is 0 Å². The van der Waals surface area contributed by atoms with Gasteiger partial charge in [-0.25, -0.2) is 8.42 Å². The van der Waals surface area contributed by atoms with Gasteiger partial charge in [-0.1, -0.05) is 4.89 Å². The molecular formula is C10H14N2O7S. The molecule has 0 spiro atoms. The van der Waals surface area contributed by atoms with E-state index in [4.69, 9.17) is 4.74 Å². The van der Waals surface area contributed by atoms with E-state index in [1.807, 2.05) is 4.89 Å². The van der Waals surface area contributed by atoms with Crippen molar-refractivity contribution >= 4 is 15.7 Å². The normalized spacial score (nSPS) is 11.3. The van der Waals surface area contributed by atoms with Crippen LogP contribution in [0.2, 0.25) is 0 Å². The van der Waals surface area contributed by atoms with Crippen molar-refractivity contribution in [1.29, 1.82) is 0 Å². The predicted molar refractivity (Wildman–Crippen MR) is 67.8 cm³/mol. The second-order valence-corrected chi connectivity index (χ2v) is 5.16. The number of nitrogens with one attached hydrogen (secondary N) is 1. The summed E-state index contributed by atoms with van der Waals surface area (Å²) >= 11 is 0. The van der Waals surface area contributed by atoms with Crippen LogP contribution < -0.4 is 9.62 Å². The van der Waals surface area contributed by atoms with Crippen LogP contribution in [0.5, 0.6) is 5.75 Å². The molecule has 0 bridgehead atoms. The average molecular weight is 306 g/mol. The van der Waals surface area contributed by atoms with Crippen molar-refractivity contribution in [2.24, 2.45) is 0 Å². The molecule has 0 heterocycles. The first-order chi connectivity index (χ1) is 9.42. The predicted octanol–water partition coefficient (Wildman–Crippen LogP) is 0.460. The molecule has 1 N–H and O–H groups in total. The van der Waals surface area contributed by atoms with Crippen molar-refractivity contribution < 1.29 is 27.7 Å². The zero-order chi connectivity index (χ0) is 15.2. The summed E-state index contributed by atoms with van der Waals surface area (Å²) in [7, 11) is -1.32. The maximum absolute atomic E-state index is 11.8. The van der Waals surface area contributed by atoms with Gasteiger partial charge in [0.05, 0.1) is 30.1 Å². The standard InChI is InChI=1S/C10H14N2O7S/c1-17-5-6-19-11-20(15,16)8-3-4-10(18-2)9(7-8)12(13)14/h3-4,7,11H,5-6H2,1-2H3. The van der Waals surface area contributed by atoms with Crippen LogP contribution in [0.25, 0.3) is 0 Å². The van der Waals surface area contributed by atoms with Crippen molar-refractivity contribution in [3.8, 4) is 5.75 Å². The molecule has 0 fully saturated rings. The van der Waals surface area contributed by atoms with Gasteiger partial charge in [0.1, 0.15) is 0 Å². The van der Waals surface area contributed by atoms with Gasteiger partial charge in [0.15, 0.2) is 5.75 Å². The van der Waals surface area contributed by atoms with Crippen LogP contribution in [0, 0.1) is 10.1 Å². The van der Waals surface area contributed by atoms with Gasteiger partial charge in [0, 0.05) is 13.2 Å². The van der Waals surface area contributed by atoms with E-state index in [9.17, 15) is 18.5 Å². The van der Waals surface area contributed by atoms with Crippen LogP contribution >= 0.6 is 0 Å². The van der Waals surface area contributed by atoms with E-state index < -0.39 is 20.6 Å². The lowest BCUT2D eigenvalue weighted by atomic mass is 10.3. The zero-order valence-electron chi connectivity index (χ0n) is 10.9. The van der Waals surface area contributed by atoms with Crippen molar-refractivity contribution in [2.45, 2.75) is 4.90 Å². The Balaban J connectivity index is 2.95. The Kier molecular flexibility index (Phi) is 5.82. The van der Waals surface area contributed by atoms with Crippen molar-refractivity contribution in [2.75, 3.05) is 27.4 Å². The Morgan fingerprint density at radius 2 is 2.00 bits per heavy atom. The fourth-order valence-electron chi connectivity index (χ4n) is 1.27. The molecule has 0 unspecified atom stereocenters. The van der Waals surface area contributed by atoms with E-state index in [1.165, 1.54) is 26.4 Å². The third-order valence-electron chi connectivity index (χ3n) is 2.22. The summed E-state index contributed by atoms with van der Waals surface area (Å²) in [6.07, 6.45) is 0. The van der Waals surface area contributed by atoms with Gasteiger partial charge in [-0.05, 0) is 12.1 Å². The fourth-order valence-corrected chi connectivity index (χ4v) is 2.12. The first-order valence-corrected chi connectivity index (χ1v) is 6.85. The van der Waals surface area contributed by atoms with Crippen LogP contribution in [0.15, 0.2) is 23.1 Å². The smallest absolute Gasteiger partial charge is 0.312 e. The molecule has 0 saturated heterocycles. The Bertz CT molecular complexity index is 573. The summed E-state index contributed by atoms with van der Waals surface area (Å²) in [6.45, 7) is 0.208. The van der Waals surface area contributed by atoms with E-state index in [-0.39, 0.29) is 23.9 Å². The van der Waals surface area contributed by atoms with E-state index in [1.54, 1.807) is 0 Å². The minimum Gasteiger partial charge on any atom is -0.490 e. The molecule has 0 aliphatic heterocycles. The number of methoxy groups -OCH3 is 2. The number of benzene rings is 1. The van der Waals surface area contributed by atoms with Crippen LogP contribution in [0.4, 0.5) is 5.69 Å². The molecule has 0 amide bonds. The molecule has 112 valence electrons. The van der Waals surface area contributed by atoms with Crippen LogP contribution in [0.3, 0.4) is 0 Å². The first-order valence-electron chi connectivity index (χ1n) is 5.37. The molecule has 1 aromatic carbocycles. The van der Waals surface area contributed by atoms with Crippen molar-refractivity contribution in [3.63, 3.8) is 0 Å². The van der Waals surface area contributed by atoms with Gasteiger partial charge in [-0.3, -0.25) is 15.0 Å². The summed E-state index contributed by atoms with van der Waals surface area (Å²) in [4.78, 5) is 16.3. The highest BCUT2D eigenvalue weighted by Crippen LogP contribution is 2.29. The van der Waals surface area contributed by atoms with Crippen molar-refractivity contribution in [3.05, 3.63) is 28.3 Å². The van der Waals surface area contributed by atoms with Gasteiger partial charge in [0.25, 0.3) is 10.0 Å². The molecule has 0 aliphatic rings. The van der Waals surface area contributed by atoms with Gasteiger partial charge in [0.2, 0.25) is 0 Å². The largest absolute Gasteiger partial charge is 0.490 e. The highest BCUT2D eigenvalue weighted by molar-refractivity contribution is 7.89. The van der Waals surface area contributed by atoms with Gasteiger partial charge < -0.3 is 9.47 Å². The number of hydrogen-bond acceptors (Lipinski definition) is 7. The maximum atomic E-state index is 11.8. The minimum atomic E-state index is -4.01. The topological polar surface area (TPSA) is 117 Å². The number of rotatable bonds is 8. The van der Waals surface area contributed by atoms with Gasteiger partial charge in [-0.15, -0.1) is 0 Å². The first kappa shape index (κ1) is 16.3. The number of nitrogens with zero attached hydrogens (tertiary/aromatic N) is 1. The van der Waals surface area contributed by atoms with Crippen LogP contribution in [-0.4, -0.2) is 40.8 Å². The summed E-state index contributed by atoms with van der Waals surface area (Å²) in [5.41, 5.74) is -0.452. The third-order valence-corrected chi connectivity index (χ3v) is 3.43. The van der Waals surface area contributed by atoms with E-state index >= 15 is 0 Å². The SMILES string of the molecule is COCCONS(=O)(=O)c1ccc(OC)c([N+](=O)[O-])c1. The lowest BCUT2D eigenvalue weighted by Gasteiger charge is -2.08. The molecule has 0 aromatic heterocycles. The highest BCUT2D eigenvalue weighted by Gasteiger charge is 2.22. The highest BCUT2D eigenvalue weighted by atomic mass is 32.2. The van der Waals surface area contributed by atoms with E-state index in [2.05, 4.69) is 9.57 Å². The monoisotopic (exact) mass is 306 g/mol. The molecular weight excluding hydrogens is 292 g/mol. The molecule has 0 radical (unpaired) electrons. The number of sulfonamides is 1. The van der Waals surface area contributed by atoms with Gasteiger partial charge >= 0.3 is 5.69 Å². The zero-order valence-corrected chi connectivity index (χ0v) is 11.7. The lowest BCUT2D eigenvalue weighted by molar-refractivity contribution is -0.386. The van der Waals surface area contributed by atoms with Crippen molar-refractivity contribution in [1.82, 2.24) is 4.89 Å². The molecule has 1 aromatic rings. The molecule has 9 nitrogen and oxygen atoms in total.